The number of nitrogens with two attached hydrogens (primary N) is 1. The van der Waals surface area contributed by atoms with E-state index in [1.54, 1.807) is 0 Å². The summed E-state index contributed by atoms with van der Waals surface area (Å²) in [6.45, 7) is 2.00. The van der Waals surface area contributed by atoms with Crippen molar-refractivity contribution in [3.05, 3.63) is 42.2 Å². The highest BCUT2D eigenvalue weighted by Gasteiger charge is 2.03. The van der Waals surface area contributed by atoms with Crippen molar-refractivity contribution in [3.8, 4) is 0 Å². The van der Waals surface area contributed by atoms with Gasteiger partial charge in [-0.05, 0) is 18.4 Å². The van der Waals surface area contributed by atoms with Crippen LogP contribution in [0.5, 0.6) is 0 Å². The molecule has 2 nitrogen and oxygen atoms in total. The molecule has 0 aliphatic rings. The molecular weight excluding hydrogens is 172 g/mol. The summed E-state index contributed by atoms with van der Waals surface area (Å²) < 4.78 is 0. The monoisotopic (exact) mass is 186 g/mol. The third-order valence-corrected chi connectivity index (χ3v) is 2.27. The molecule has 1 aromatic heterocycles. The van der Waals surface area contributed by atoms with E-state index in [9.17, 15) is 0 Å². The Bertz CT molecular complexity index is 430. The Hall–Kier alpha value is -1.41. The fourth-order valence-corrected chi connectivity index (χ4v) is 1.65. The topological polar surface area (TPSA) is 38.9 Å². The Morgan fingerprint density at radius 2 is 2.07 bits per heavy atom. The first-order valence-electron chi connectivity index (χ1n) is 4.85. The van der Waals surface area contributed by atoms with Crippen molar-refractivity contribution in [3.63, 3.8) is 0 Å². The average Bonchev–Trinajstić information content (AvgIpc) is 2.18. The molecule has 2 heteroatoms. The van der Waals surface area contributed by atoms with Gasteiger partial charge in [0.05, 0.1) is 0 Å². The van der Waals surface area contributed by atoms with Crippen molar-refractivity contribution >= 4 is 10.8 Å². The first kappa shape index (κ1) is 9.16. The molecule has 0 saturated carbocycles. The van der Waals surface area contributed by atoms with Gasteiger partial charge < -0.3 is 5.73 Å². The summed E-state index contributed by atoms with van der Waals surface area (Å²) >= 11 is 0. The first-order chi connectivity index (χ1) is 6.77. The molecule has 14 heavy (non-hydrogen) atoms. The summed E-state index contributed by atoms with van der Waals surface area (Å²) in [6, 6.07) is 10.5. The van der Waals surface area contributed by atoms with Crippen LogP contribution < -0.4 is 5.73 Å². The Balaban J connectivity index is 2.53. The molecule has 0 radical (unpaired) electrons. The van der Waals surface area contributed by atoms with Gasteiger partial charge in [-0.15, -0.1) is 0 Å². The van der Waals surface area contributed by atoms with E-state index in [1.165, 1.54) is 10.8 Å². The maximum atomic E-state index is 5.78. The molecule has 0 saturated heterocycles. The summed E-state index contributed by atoms with van der Waals surface area (Å²) in [6.07, 6.45) is 2.68. The summed E-state index contributed by atoms with van der Waals surface area (Å²) in [5.41, 5.74) is 6.87. The maximum Gasteiger partial charge on any atom is 0.0497 e. The van der Waals surface area contributed by atoms with Gasteiger partial charge in [-0.1, -0.05) is 24.3 Å². The fourth-order valence-electron chi connectivity index (χ4n) is 1.65. The summed E-state index contributed by atoms with van der Waals surface area (Å²) in [5, 5.41) is 2.45. The molecule has 0 aliphatic heterocycles. The smallest absolute Gasteiger partial charge is 0.0497 e. The first-order valence-corrected chi connectivity index (χ1v) is 4.85. The van der Waals surface area contributed by atoms with Crippen LogP contribution in [0.25, 0.3) is 10.8 Å². The molecule has 1 atom stereocenters. The molecule has 0 spiro atoms. The fraction of sp³-hybridized carbons (Fsp3) is 0.250. The quantitative estimate of drug-likeness (QED) is 0.780. The molecule has 2 aromatic rings. The molecule has 72 valence electrons. The van der Waals surface area contributed by atoms with Crippen LogP contribution in [-0.2, 0) is 6.42 Å². The molecule has 0 bridgehead atoms. The highest BCUT2D eigenvalue weighted by atomic mass is 14.7. The zero-order valence-electron chi connectivity index (χ0n) is 8.27. The molecule has 2 N–H and O–H groups in total. The number of hydrogen-bond donors (Lipinski definition) is 1. The van der Waals surface area contributed by atoms with E-state index >= 15 is 0 Å². The predicted molar refractivity (Wildman–Crippen MR) is 59.1 cm³/mol. The van der Waals surface area contributed by atoms with E-state index in [1.807, 2.05) is 31.3 Å². The number of aromatic nitrogens is 1. The normalized spacial score (nSPS) is 13.0. The lowest BCUT2D eigenvalue weighted by Crippen LogP contribution is -2.18. The van der Waals surface area contributed by atoms with Crippen LogP contribution in [0.2, 0.25) is 0 Å². The van der Waals surface area contributed by atoms with Crippen LogP contribution in [-0.4, -0.2) is 11.0 Å². The lowest BCUT2D eigenvalue weighted by molar-refractivity contribution is 0.727. The second kappa shape index (κ2) is 3.76. The van der Waals surface area contributed by atoms with Gasteiger partial charge in [-0.2, -0.15) is 0 Å². The van der Waals surface area contributed by atoms with Crippen LogP contribution >= 0.6 is 0 Å². The minimum atomic E-state index is 0.160. The third kappa shape index (κ3) is 1.75. The Morgan fingerprint density at radius 1 is 1.29 bits per heavy atom. The Morgan fingerprint density at radius 3 is 2.86 bits per heavy atom. The molecule has 2 rings (SSSR count). The van der Waals surface area contributed by atoms with E-state index in [-0.39, 0.29) is 6.04 Å². The van der Waals surface area contributed by atoms with E-state index < -0.39 is 0 Å². The van der Waals surface area contributed by atoms with Gasteiger partial charge in [-0.3, -0.25) is 4.98 Å². The second-order valence-electron chi connectivity index (χ2n) is 3.66. The standard InChI is InChI=1S/C12H14N2/c1-9(13)8-12-11-5-3-2-4-10(11)6-7-14-12/h2-7,9H,8,13H2,1H3. The van der Waals surface area contributed by atoms with Crippen LogP contribution in [0.15, 0.2) is 36.5 Å². The van der Waals surface area contributed by atoms with Crippen molar-refractivity contribution in [1.82, 2.24) is 4.98 Å². The third-order valence-electron chi connectivity index (χ3n) is 2.27. The summed E-state index contributed by atoms with van der Waals surface area (Å²) in [5.74, 6) is 0. The van der Waals surface area contributed by atoms with Crippen LogP contribution in [0, 0.1) is 0 Å². The number of pyridine rings is 1. The molecule has 1 aromatic carbocycles. The van der Waals surface area contributed by atoms with Gasteiger partial charge in [0, 0.05) is 29.7 Å². The van der Waals surface area contributed by atoms with Crippen molar-refractivity contribution in [2.24, 2.45) is 5.73 Å². The number of rotatable bonds is 2. The van der Waals surface area contributed by atoms with E-state index in [0.29, 0.717) is 0 Å². The van der Waals surface area contributed by atoms with Crippen LogP contribution in [0.3, 0.4) is 0 Å². The van der Waals surface area contributed by atoms with Gasteiger partial charge in [0.2, 0.25) is 0 Å². The highest BCUT2D eigenvalue weighted by Crippen LogP contribution is 2.16. The molecule has 0 aliphatic carbocycles. The highest BCUT2D eigenvalue weighted by molar-refractivity contribution is 5.84. The minimum Gasteiger partial charge on any atom is -0.328 e. The largest absolute Gasteiger partial charge is 0.328 e. The van der Waals surface area contributed by atoms with Gasteiger partial charge in [0.25, 0.3) is 0 Å². The lowest BCUT2D eigenvalue weighted by Gasteiger charge is -2.07. The predicted octanol–water partition coefficient (Wildman–Crippen LogP) is 2.12. The molecule has 0 amide bonds. The molecule has 0 fully saturated rings. The average molecular weight is 186 g/mol. The molecule has 1 unspecified atom stereocenters. The lowest BCUT2D eigenvalue weighted by atomic mass is 10.1. The summed E-state index contributed by atoms with van der Waals surface area (Å²) in [4.78, 5) is 4.37. The Kier molecular flexibility index (Phi) is 2.46. The van der Waals surface area contributed by atoms with Gasteiger partial charge in [0.1, 0.15) is 0 Å². The zero-order chi connectivity index (χ0) is 9.97. The SMILES string of the molecule is CC(N)Cc1nccc2ccccc12. The van der Waals surface area contributed by atoms with Crippen molar-refractivity contribution < 1.29 is 0 Å². The van der Waals surface area contributed by atoms with Gasteiger partial charge in [0.15, 0.2) is 0 Å². The number of benzene rings is 1. The number of hydrogen-bond acceptors (Lipinski definition) is 2. The second-order valence-corrected chi connectivity index (χ2v) is 3.66. The van der Waals surface area contributed by atoms with E-state index in [0.717, 1.165) is 12.1 Å². The Labute approximate surface area is 83.8 Å². The zero-order valence-corrected chi connectivity index (χ0v) is 8.27. The number of nitrogens with zero attached hydrogens (tertiary/aromatic N) is 1. The van der Waals surface area contributed by atoms with Crippen molar-refractivity contribution in [1.29, 1.82) is 0 Å². The van der Waals surface area contributed by atoms with E-state index in [4.69, 9.17) is 5.73 Å². The van der Waals surface area contributed by atoms with Crippen molar-refractivity contribution in [2.45, 2.75) is 19.4 Å². The van der Waals surface area contributed by atoms with E-state index in [2.05, 4.69) is 17.1 Å². The van der Waals surface area contributed by atoms with Gasteiger partial charge in [-0.25, -0.2) is 0 Å². The maximum absolute atomic E-state index is 5.78. The van der Waals surface area contributed by atoms with Crippen molar-refractivity contribution in [2.75, 3.05) is 0 Å². The van der Waals surface area contributed by atoms with Crippen LogP contribution in [0.1, 0.15) is 12.6 Å². The number of fused-ring (bicyclic) bond motifs is 1. The van der Waals surface area contributed by atoms with Gasteiger partial charge >= 0.3 is 0 Å². The molecule has 1 heterocycles. The molecular formula is C12H14N2. The summed E-state index contributed by atoms with van der Waals surface area (Å²) in [7, 11) is 0. The minimum absolute atomic E-state index is 0.160. The van der Waals surface area contributed by atoms with Crippen LogP contribution in [0.4, 0.5) is 0 Å².